The molecular weight excluding hydrogens is 397 g/mol. The number of halogens is 3. The molecular formula is C18H17F3N2O4S. The smallest absolute Gasteiger partial charge is 0.387 e. The van der Waals surface area contributed by atoms with Crippen LogP contribution in [-0.4, -0.2) is 56.3 Å². The molecule has 0 spiro atoms. The van der Waals surface area contributed by atoms with Crippen LogP contribution in [0.4, 0.5) is 13.2 Å². The first kappa shape index (κ1) is 20.2. The third-order valence-corrected chi connectivity index (χ3v) is 6.25. The molecule has 0 aliphatic carbocycles. The highest BCUT2D eigenvalue weighted by molar-refractivity contribution is 7.89. The fourth-order valence-corrected chi connectivity index (χ4v) is 4.42. The van der Waals surface area contributed by atoms with Crippen LogP contribution in [0.1, 0.15) is 10.4 Å². The predicted molar refractivity (Wildman–Crippen MR) is 94.1 cm³/mol. The van der Waals surface area contributed by atoms with Gasteiger partial charge < -0.3 is 9.64 Å². The molecule has 0 bridgehead atoms. The maximum atomic E-state index is 13.9. The Balaban J connectivity index is 1.72. The Morgan fingerprint density at radius 3 is 2.21 bits per heavy atom. The van der Waals surface area contributed by atoms with Gasteiger partial charge in [0.2, 0.25) is 10.0 Å². The van der Waals surface area contributed by atoms with E-state index < -0.39 is 33.3 Å². The van der Waals surface area contributed by atoms with Gasteiger partial charge in [0.25, 0.3) is 5.91 Å². The van der Waals surface area contributed by atoms with Gasteiger partial charge in [0.15, 0.2) is 0 Å². The largest absolute Gasteiger partial charge is 0.434 e. The third kappa shape index (κ3) is 4.12. The van der Waals surface area contributed by atoms with Crippen LogP contribution in [0, 0.1) is 5.82 Å². The van der Waals surface area contributed by atoms with Crippen LogP contribution in [0.3, 0.4) is 0 Å². The Labute approximate surface area is 160 Å². The van der Waals surface area contributed by atoms with Crippen molar-refractivity contribution >= 4 is 15.9 Å². The number of piperazine rings is 1. The molecule has 28 heavy (non-hydrogen) atoms. The van der Waals surface area contributed by atoms with Crippen molar-refractivity contribution < 1.29 is 31.1 Å². The Morgan fingerprint density at radius 2 is 1.57 bits per heavy atom. The number of hydrogen-bond donors (Lipinski definition) is 0. The second-order valence-electron chi connectivity index (χ2n) is 6.00. The van der Waals surface area contributed by atoms with Gasteiger partial charge in [-0.2, -0.15) is 13.1 Å². The molecule has 150 valence electrons. The Kier molecular flexibility index (Phi) is 5.90. The number of nitrogens with zero attached hydrogens (tertiary/aromatic N) is 2. The van der Waals surface area contributed by atoms with E-state index in [-0.39, 0.29) is 37.5 Å². The predicted octanol–water partition coefficient (Wildman–Crippen LogP) is 2.57. The summed E-state index contributed by atoms with van der Waals surface area (Å²) in [4.78, 5) is 13.6. The molecule has 1 amide bonds. The summed E-state index contributed by atoms with van der Waals surface area (Å²) in [6.07, 6.45) is 0. The second-order valence-corrected chi connectivity index (χ2v) is 7.91. The number of alkyl halides is 2. The molecule has 0 N–H and O–H groups in total. The van der Waals surface area contributed by atoms with Gasteiger partial charge in [-0.25, -0.2) is 12.8 Å². The zero-order valence-corrected chi connectivity index (χ0v) is 15.4. The van der Waals surface area contributed by atoms with Crippen molar-refractivity contribution in [3.63, 3.8) is 0 Å². The van der Waals surface area contributed by atoms with E-state index in [9.17, 15) is 26.4 Å². The van der Waals surface area contributed by atoms with Crippen molar-refractivity contribution in [1.82, 2.24) is 9.21 Å². The number of carbonyl (C=O) groups is 1. The number of sulfonamides is 1. The van der Waals surface area contributed by atoms with Crippen molar-refractivity contribution in [2.24, 2.45) is 0 Å². The lowest BCUT2D eigenvalue weighted by atomic mass is 10.1. The lowest BCUT2D eigenvalue weighted by molar-refractivity contribution is -0.0503. The third-order valence-electron chi connectivity index (χ3n) is 4.31. The highest BCUT2D eigenvalue weighted by atomic mass is 32.2. The van der Waals surface area contributed by atoms with Crippen molar-refractivity contribution in [3.05, 3.63) is 59.9 Å². The zero-order chi connectivity index (χ0) is 20.3. The molecule has 10 heteroatoms. The molecule has 0 atom stereocenters. The van der Waals surface area contributed by atoms with Gasteiger partial charge in [0.1, 0.15) is 16.5 Å². The molecule has 0 saturated carbocycles. The average Bonchev–Trinajstić information content (AvgIpc) is 2.68. The molecule has 1 aliphatic heterocycles. The molecule has 2 aromatic carbocycles. The van der Waals surface area contributed by atoms with Gasteiger partial charge in [0, 0.05) is 26.2 Å². The number of benzene rings is 2. The molecule has 0 radical (unpaired) electrons. The van der Waals surface area contributed by atoms with Crippen LogP contribution in [0.5, 0.6) is 5.75 Å². The van der Waals surface area contributed by atoms with E-state index in [0.717, 1.165) is 10.4 Å². The zero-order valence-electron chi connectivity index (χ0n) is 14.6. The number of amides is 1. The summed E-state index contributed by atoms with van der Waals surface area (Å²) in [5, 5.41) is 0. The molecule has 1 heterocycles. The van der Waals surface area contributed by atoms with Crippen molar-refractivity contribution in [2.45, 2.75) is 11.5 Å². The Morgan fingerprint density at radius 1 is 0.964 bits per heavy atom. The van der Waals surface area contributed by atoms with Crippen LogP contribution >= 0.6 is 0 Å². The van der Waals surface area contributed by atoms with Gasteiger partial charge in [-0.1, -0.05) is 24.3 Å². The summed E-state index contributed by atoms with van der Waals surface area (Å²) in [6, 6.07) is 10.7. The first-order valence-electron chi connectivity index (χ1n) is 8.38. The first-order valence-corrected chi connectivity index (χ1v) is 9.82. The summed E-state index contributed by atoms with van der Waals surface area (Å²) >= 11 is 0. The summed E-state index contributed by atoms with van der Waals surface area (Å²) < 4.78 is 69.6. The summed E-state index contributed by atoms with van der Waals surface area (Å²) in [6.45, 7) is -3.08. The summed E-state index contributed by atoms with van der Waals surface area (Å²) in [7, 11) is -4.03. The number of rotatable bonds is 5. The maximum absolute atomic E-state index is 13.9. The highest BCUT2D eigenvalue weighted by Crippen LogP contribution is 2.24. The van der Waals surface area contributed by atoms with Crippen LogP contribution in [0.15, 0.2) is 53.4 Å². The molecule has 1 fully saturated rings. The molecule has 0 aromatic heterocycles. The van der Waals surface area contributed by atoms with Crippen LogP contribution in [-0.2, 0) is 10.0 Å². The molecule has 1 saturated heterocycles. The standard InChI is InChI=1S/C18H17F3N2O4S/c19-14-6-2-4-8-16(14)28(25,26)23-11-9-22(10-12-23)17(24)13-5-1-3-7-15(13)27-18(20)21/h1-8,18H,9-12H2. The van der Waals surface area contributed by atoms with Gasteiger partial charge in [-0.05, 0) is 24.3 Å². The summed E-state index contributed by atoms with van der Waals surface area (Å²) in [5.41, 5.74) is -0.0341. The minimum absolute atomic E-state index is 0.0341. The number of ether oxygens (including phenoxy) is 1. The number of carbonyl (C=O) groups excluding carboxylic acids is 1. The number of hydrogen-bond acceptors (Lipinski definition) is 4. The topological polar surface area (TPSA) is 66.9 Å². The first-order chi connectivity index (χ1) is 13.3. The van der Waals surface area contributed by atoms with Crippen LogP contribution < -0.4 is 4.74 Å². The van der Waals surface area contributed by atoms with Crippen molar-refractivity contribution in [3.8, 4) is 5.75 Å². The van der Waals surface area contributed by atoms with Crippen molar-refractivity contribution in [1.29, 1.82) is 0 Å². The van der Waals surface area contributed by atoms with E-state index >= 15 is 0 Å². The number of para-hydroxylation sites is 1. The van der Waals surface area contributed by atoms with Crippen LogP contribution in [0.2, 0.25) is 0 Å². The molecule has 1 aliphatic rings. The van der Waals surface area contributed by atoms with E-state index in [2.05, 4.69) is 4.74 Å². The fraction of sp³-hybridized carbons (Fsp3) is 0.278. The monoisotopic (exact) mass is 414 g/mol. The van der Waals surface area contributed by atoms with Gasteiger partial charge >= 0.3 is 6.61 Å². The minimum atomic E-state index is -4.03. The lowest BCUT2D eigenvalue weighted by Crippen LogP contribution is -2.50. The average molecular weight is 414 g/mol. The summed E-state index contributed by atoms with van der Waals surface area (Å²) in [5.74, 6) is -1.64. The fourth-order valence-electron chi connectivity index (χ4n) is 2.94. The Bertz CT molecular complexity index is 961. The quantitative estimate of drug-likeness (QED) is 0.754. The van der Waals surface area contributed by atoms with E-state index in [0.29, 0.717) is 0 Å². The van der Waals surface area contributed by atoms with Gasteiger partial charge in [-0.3, -0.25) is 4.79 Å². The maximum Gasteiger partial charge on any atom is 0.387 e. The molecule has 2 aromatic rings. The van der Waals surface area contributed by atoms with Crippen molar-refractivity contribution in [2.75, 3.05) is 26.2 Å². The molecule has 3 rings (SSSR count). The SMILES string of the molecule is O=C(c1ccccc1OC(F)F)N1CCN(S(=O)(=O)c2ccccc2F)CC1. The van der Waals surface area contributed by atoms with E-state index in [1.165, 1.54) is 47.4 Å². The normalized spacial score (nSPS) is 15.6. The van der Waals surface area contributed by atoms with E-state index in [1.54, 1.807) is 0 Å². The Hall–Kier alpha value is -2.59. The van der Waals surface area contributed by atoms with Crippen LogP contribution in [0.25, 0.3) is 0 Å². The molecule has 0 unspecified atom stereocenters. The lowest BCUT2D eigenvalue weighted by Gasteiger charge is -2.34. The second kappa shape index (κ2) is 8.19. The van der Waals surface area contributed by atoms with E-state index in [4.69, 9.17) is 0 Å². The van der Waals surface area contributed by atoms with Gasteiger partial charge in [-0.15, -0.1) is 0 Å². The molecule has 6 nitrogen and oxygen atoms in total. The minimum Gasteiger partial charge on any atom is -0.434 e. The highest BCUT2D eigenvalue weighted by Gasteiger charge is 2.32. The van der Waals surface area contributed by atoms with Gasteiger partial charge in [0.05, 0.1) is 5.56 Å². The van der Waals surface area contributed by atoms with E-state index in [1.807, 2.05) is 0 Å².